The van der Waals surface area contributed by atoms with Crippen molar-refractivity contribution in [1.29, 1.82) is 5.26 Å². The monoisotopic (exact) mass is 269 g/mol. The first-order valence-electron chi connectivity index (χ1n) is 5.73. The number of rotatable bonds is 2. The summed E-state index contributed by atoms with van der Waals surface area (Å²) in [6.45, 7) is 0. The van der Waals surface area contributed by atoms with Gasteiger partial charge in [-0.05, 0) is 29.6 Å². The van der Waals surface area contributed by atoms with Crippen molar-refractivity contribution in [2.24, 2.45) is 7.05 Å². The predicted molar refractivity (Wildman–Crippen MR) is 75.3 cm³/mol. The van der Waals surface area contributed by atoms with Crippen LogP contribution in [0.1, 0.15) is 5.56 Å². The highest BCUT2D eigenvalue weighted by atomic mass is 32.1. The molecular formula is C14H11N3OS. The summed E-state index contributed by atoms with van der Waals surface area (Å²) >= 11 is 1.59. The maximum Gasteiger partial charge on any atom is 0.154 e. The molecule has 0 amide bonds. The number of hydrogen-bond donors (Lipinski definition) is 0. The topological polar surface area (TPSA) is 50.8 Å². The smallest absolute Gasteiger partial charge is 0.154 e. The molecule has 0 saturated heterocycles. The van der Waals surface area contributed by atoms with Crippen molar-refractivity contribution in [2.45, 2.75) is 0 Å². The molecule has 0 aliphatic rings. The van der Waals surface area contributed by atoms with Gasteiger partial charge in [0.05, 0.1) is 29.8 Å². The molecule has 0 N–H and O–H groups in total. The molecule has 0 bridgehead atoms. The summed E-state index contributed by atoms with van der Waals surface area (Å²) in [5, 5.41) is 10.9. The molecule has 0 fully saturated rings. The molecule has 3 rings (SSSR count). The molecule has 2 heterocycles. The normalized spacial score (nSPS) is 10.6. The van der Waals surface area contributed by atoms with Gasteiger partial charge in [0.15, 0.2) is 5.82 Å². The second kappa shape index (κ2) is 4.41. The van der Waals surface area contributed by atoms with E-state index in [-0.39, 0.29) is 0 Å². The van der Waals surface area contributed by atoms with Crippen LogP contribution in [0.15, 0.2) is 29.6 Å². The quantitative estimate of drug-likeness (QED) is 0.718. The lowest BCUT2D eigenvalue weighted by Gasteiger charge is -2.02. The summed E-state index contributed by atoms with van der Waals surface area (Å²) < 4.78 is 7.36. The van der Waals surface area contributed by atoms with Crippen LogP contribution >= 0.6 is 11.3 Å². The van der Waals surface area contributed by atoms with Gasteiger partial charge in [-0.2, -0.15) is 5.26 Å². The fourth-order valence-corrected chi connectivity index (χ4v) is 2.98. The van der Waals surface area contributed by atoms with Crippen molar-refractivity contribution in [3.63, 3.8) is 0 Å². The van der Waals surface area contributed by atoms with Crippen LogP contribution in [0.5, 0.6) is 5.75 Å². The van der Waals surface area contributed by atoms with Crippen molar-refractivity contribution >= 4 is 22.4 Å². The van der Waals surface area contributed by atoms with Gasteiger partial charge in [0, 0.05) is 7.05 Å². The van der Waals surface area contributed by atoms with E-state index in [0.29, 0.717) is 5.56 Å². The molecule has 5 heteroatoms. The van der Waals surface area contributed by atoms with E-state index in [4.69, 9.17) is 10.00 Å². The molecule has 0 atom stereocenters. The number of imidazole rings is 1. The lowest BCUT2D eigenvalue weighted by Crippen LogP contribution is -1.92. The first-order chi connectivity index (χ1) is 9.24. The molecule has 0 radical (unpaired) electrons. The van der Waals surface area contributed by atoms with Gasteiger partial charge < -0.3 is 9.30 Å². The summed E-state index contributed by atoms with van der Waals surface area (Å²) in [7, 11) is 3.62. The fourth-order valence-electron chi connectivity index (χ4n) is 2.09. The summed E-state index contributed by atoms with van der Waals surface area (Å²) in [5.41, 5.74) is 2.45. The van der Waals surface area contributed by atoms with E-state index in [0.717, 1.165) is 27.5 Å². The molecular weight excluding hydrogens is 258 g/mol. The number of aryl methyl sites for hydroxylation is 1. The Morgan fingerprint density at radius 1 is 1.37 bits per heavy atom. The average Bonchev–Trinajstić information content (AvgIpc) is 3.02. The van der Waals surface area contributed by atoms with E-state index >= 15 is 0 Å². The first kappa shape index (κ1) is 11.8. The Hall–Kier alpha value is -2.32. The summed E-state index contributed by atoms with van der Waals surface area (Å²) in [6, 6.07) is 9.59. The maximum atomic E-state index is 8.94. The van der Waals surface area contributed by atoms with Crippen molar-refractivity contribution in [3.05, 3.63) is 35.2 Å². The number of thiophene rings is 1. The summed E-state index contributed by atoms with van der Waals surface area (Å²) in [5.74, 6) is 1.68. The van der Waals surface area contributed by atoms with E-state index in [1.807, 2.05) is 29.1 Å². The van der Waals surface area contributed by atoms with Gasteiger partial charge in [0.1, 0.15) is 10.6 Å². The molecule has 3 aromatic rings. The maximum absolute atomic E-state index is 8.94. The Morgan fingerprint density at radius 3 is 2.95 bits per heavy atom. The van der Waals surface area contributed by atoms with Gasteiger partial charge >= 0.3 is 0 Å². The van der Waals surface area contributed by atoms with Crippen LogP contribution in [-0.4, -0.2) is 16.7 Å². The number of ether oxygens (including phenoxy) is 1. The third kappa shape index (κ3) is 1.77. The Morgan fingerprint density at radius 2 is 2.21 bits per heavy atom. The number of nitrogens with zero attached hydrogens (tertiary/aromatic N) is 3. The highest BCUT2D eigenvalue weighted by Crippen LogP contribution is 2.35. The van der Waals surface area contributed by atoms with E-state index < -0.39 is 0 Å². The molecule has 2 aromatic heterocycles. The van der Waals surface area contributed by atoms with E-state index in [1.165, 1.54) is 0 Å². The predicted octanol–water partition coefficient (Wildman–Crippen LogP) is 3.18. The summed E-state index contributed by atoms with van der Waals surface area (Å²) in [6.07, 6.45) is 0. The SMILES string of the molecule is COc1ccsc1-c1nc2cc(C#N)ccc2n1C. The Balaban J connectivity index is 2.26. The number of hydrogen-bond acceptors (Lipinski definition) is 4. The summed E-state index contributed by atoms with van der Waals surface area (Å²) in [4.78, 5) is 5.61. The minimum Gasteiger partial charge on any atom is -0.495 e. The largest absolute Gasteiger partial charge is 0.495 e. The second-order valence-corrected chi connectivity index (χ2v) is 5.04. The van der Waals surface area contributed by atoms with Crippen molar-refractivity contribution in [1.82, 2.24) is 9.55 Å². The highest BCUT2D eigenvalue weighted by Gasteiger charge is 2.15. The zero-order chi connectivity index (χ0) is 13.4. The second-order valence-electron chi connectivity index (χ2n) is 4.13. The van der Waals surface area contributed by atoms with Gasteiger partial charge in [0.25, 0.3) is 0 Å². The molecule has 0 aliphatic carbocycles. The zero-order valence-electron chi connectivity index (χ0n) is 10.5. The van der Waals surface area contributed by atoms with E-state index in [2.05, 4.69) is 11.1 Å². The van der Waals surface area contributed by atoms with Gasteiger partial charge in [-0.1, -0.05) is 0 Å². The minimum absolute atomic E-state index is 0.621. The van der Waals surface area contributed by atoms with Crippen molar-refractivity contribution in [3.8, 4) is 22.5 Å². The molecule has 1 aromatic carbocycles. The minimum atomic E-state index is 0.621. The van der Waals surface area contributed by atoms with Gasteiger partial charge in [-0.25, -0.2) is 4.98 Å². The van der Waals surface area contributed by atoms with Crippen molar-refractivity contribution in [2.75, 3.05) is 7.11 Å². The van der Waals surface area contributed by atoms with Gasteiger partial charge in [0.2, 0.25) is 0 Å². The third-order valence-electron chi connectivity index (χ3n) is 3.06. The van der Waals surface area contributed by atoms with Crippen LogP contribution in [-0.2, 0) is 7.05 Å². The Kier molecular flexibility index (Phi) is 2.73. The molecule has 94 valence electrons. The van der Waals surface area contributed by atoms with E-state index in [1.54, 1.807) is 30.6 Å². The first-order valence-corrected chi connectivity index (χ1v) is 6.61. The van der Waals surface area contributed by atoms with Crippen LogP contribution in [0.3, 0.4) is 0 Å². The van der Waals surface area contributed by atoms with Crippen LogP contribution in [0.2, 0.25) is 0 Å². The molecule has 19 heavy (non-hydrogen) atoms. The third-order valence-corrected chi connectivity index (χ3v) is 3.95. The molecule has 0 unspecified atom stereocenters. The average molecular weight is 269 g/mol. The standard InChI is InChI=1S/C14H11N3OS/c1-17-11-4-3-9(8-15)7-10(11)16-14(17)13-12(18-2)5-6-19-13/h3-7H,1-2H3. The van der Waals surface area contributed by atoms with Crippen LogP contribution in [0.25, 0.3) is 21.7 Å². The fraction of sp³-hybridized carbons (Fsp3) is 0.143. The van der Waals surface area contributed by atoms with Crippen LogP contribution < -0.4 is 4.74 Å². The van der Waals surface area contributed by atoms with Gasteiger partial charge in [-0.3, -0.25) is 0 Å². The van der Waals surface area contributed by atoms with Crippen molar-refractivity contribution < 1.29 is 4.74 Å². The zero-order valence-corrected chi connectivity index (χ0v) is 11.4. The number of fused-ring (bicyclic) bond motifs is 1. The number of nitriles is 1. The molecule has 0 spiro atoms. The molecule has 0 saturated carbocycles. The van der Waals surface area contributed by atoms with E-state index in [9.17, 15) is 0 Å². The molecule has 4 nitrogen and oxygen atoms in total. The number of aromatic nitrogens is 2. The van der Waals surface area contributed by atoms with Crippen LogP contribution in [0, 0.1) is 11.3 Å². The Labute approximate surface area is 114 Å². The lowest BCUT2D eigenvalue weighted by molar-refractivity contribution is 0.418. The number of methoxy groups -OCH3 is 1. The number of benzene rings is 1. The van der Waals surface area contributed by atoms with Crippen LogP contribution in [0.4, 0.5) is 0 Å². The Bertz CT molecular complexity index is 795. The highest BCUT2D eigenvalue weighted by molar-refractivity contribution is 7.13. The molecule has 0 aliphatic heterocycles. The van der Waals surface area contributed by atoms with Gasteiger partial charge in [-0.15, -0.1) is 11.3 Å². The lowest BCUT2D eigenvalue weighted by atomic mass is 10.2.